The van der Waals surface area contributed by atoms with Crippen LogP contribution in [0.25, 0.3) is 0 Å². The van der Waals surface area contributed by atoms with Crippen LogP contribution < -0.4 is 42.5 Å². The minimum absolute atomic E-state index is 0.130. The van der Waals surface area contributed by atoms with E-state index in [-0.39, 0.29) is 5.41 Å². The Labute approximate surface area is 206 Å². The van der Waals surface area contributed by atoms with Gasteiger partial charge in [-0.3, -0.25) is 0 Å². The van der Waals surface area contributed by atoms with Gasteiger partial charge in [-0.05, 0) is 51.9 Å². The fourth-order valence-electron chi connectivity index (χ4n) is 3.70. The van der Waals surface area contributed by atoms with Crippen LogP contribution in [-0.2, 0) is 0 Å². The minimum Gasteiger partial charge on any atom is -0.315 e. The SMILES string of the molecule is CCCNCCNCC(CNCCNCCC)(CNCCNCCC)CNCCNCCC. The quantitative estimate of drug-likeness (QED) is 0.0772. The summed E-state index contributed by atoms with van der Waals surface area (Å²) >= 11 is 0. The van der Waals surface area contributed by atoms with Gasteiger partial charge in [-0.2, -0.15) is 0 Å². The predicted molar refractivity (Wildman–Crippen MR) is 147 cm³/mol. The average molecular weight is 473 g/mol. The van der Waals surface area contributed by atoms with Crippen LogP contribution in [0.4, 0.5) is 0 Å². The van der Waals surface area contributed by atoms with E-state index in [4.69, 9.17) is 0 Å². The molecule has 0 aromatic rings. The Hall–Kier alpha value is -0.320. The second kappa shape index (κ2) is 26.3. The third-order valence-corrected chi connectivity index (χ3v) is 5.62. The average Bonchev–Trinajstić information content (AvgIpc) is 2.83. The number of nitrogens with one attached hydrogen (secondary N) is 8. The van der Waals surface area contributed by atoms with Gasteiger partial charge in [-0.1, -0.05) is 27.7 Å². The fourth-order valence-corrected chi connectivity index (χ4v) is 3.70. The maximum atomic E-state index is 3.74. The Balaban J connectivity index is 4.74. The largest absolute Gasteiger partial charge is 0.315 e. The smallest absolute Gasteiger partial charge is 0.0202 e. The molecule has 0 bridgehead atoms. The number of hydrogen-bond donors (Lipinski definition) is 8. The molecular weight excluding hydrogens is 412 g/mol. The zero-order valence-electron chi connectivity index (χ0n) is 22.6. The topological polar surface area (TPSA) is 96.2 Å². The summed E-state index contributed by atoms with van der Waals surface area (Å²) in [6.45, 7) is 25.4. The van der Waals surface area contributed by atoms with Crippen LogP contribution in [0.15, 0.2) is 0 Å². The summed E-state index contributed by atoms with van der Waals surface area (Å²) in [4.78, 5) is 0. The van der Waals surface area contributed by atoms with Crippen LogP contribution in [-0.4, -0.2) is 105 Å². The molecule has 0 saturated heterocycles. The third kappa shape index (κ3) is 21.9. The summed E-state index contributed by atoms with van der Waals surface area (Å²) in [6.07, 6.45) is 4.75. The summed E-state index contributed by atoms with van der Waals surface area (Å²) in [7, 11) is 0. The van der Waals surface area contributed by atoms with Gasteiger partial charge in [0.15, 0.2) is 0 Å². The molecule has 33 heavy (non-hydrogen) atoms. The molecule has 0 fully saturated rings. The Bertz CT molecular complexity index is 301. The van der Waals surface area contributed by atoms with E-state index >= 15 is 0 Å². The van der Waals surface area contributed by atoms with E-state index in [2.05, 4.69) is 70.2 Å². The molecule has 8 heteroatoms. The van der Waals surface area contributed by atoms with Gasteiger partial charge in [0.05, 0.1) is 0 Å². The second-order valence-corrected chi connectivity index (χ2v) is 9.21. The van der Waals surface area contributed by atoms with Gasteiger partial charge < -0.3 is 42.5 Å². The highest BCUT2D eigenvalue weighted by atomic mass is 15.0. The first-order valence-corrected chi connectivity index (χ1v) is 13.9. The molecule has 8 N–H and O–H groups in total. The van der Waals surface area contributed by atoms with E-state index in [1.807, 2.05) is 0 Å². The lowest BCUT2D eigenvalue weighted by Crippen LogP contribution is -2.56. The Morgan fingerprint density at radius 1 is 0.303 bits per heavy atom. The Kier molecular flexibility index (Phi) is 26.0. The molecule has 0 rings (SSSR count). The van der Waals surface area contributed by atoms with Crippen LogP contribution >= 0.6 is 0 Å². The zero-order chi connectivity index (χ0) is 24.3. The van der Waals surface area contributed by atoms with Gasteiger partial charge in [0.1, 0.15) is 0 Å². The standard InChI is InChI=1S/C25H60N8/c1-5-9-26-13-17-30-21-25(22-31-18-14-27-10-6-2,23-32-19-15-28-11-7-3)24-33-20-16-29-12-8-4/h26-33H,5-24H2,1-4H3. The van der Waals surface area contributed by atoms with Crippen molar-refractivity contribution < 1.29 is 0 Å². The van der Waals surface area contributed by atoms with E-state index in [1.54, 1.807) is 0 Å². The highest BCUT2D eigenvalue weighted by Gasteiger charge is 2.29. The summed E-state index contributed by atoms with van der Waals surface area (Å²) < 4.78 is 0. The van der Waals surface area contributed by atoms with Crippen LogP contribution in [0.1, 0.15) is 53.4 Å². The molecule has 0 spiro atoms. The van der Waals surface area contributed by atoms with E-state index < -0.39 is 0 Å². The third-order valence-electron chi connectivity index (χ3n) is 5.62. The Morgan fingerprint density at radius 3 is 0.727 bits per heavy atom. The highest BCUT2D eigenvalue weighted by molar-refractivity contribution is 4.89. The normalized spacial score (nSPS) is 12.0. The fraction of sp³-hybridized carbons (Fsp3) is 1.00. The molecule has 0 heterocycles. The molecule has 200 valence electrons. The maximum absolute atomic E-state index is 3.74. The summed E-state index contributed by atoms with van der Waals surface area (Å²) in [6, 6.07) is 0. The molecular formula is C25H60N8. The second-order valence-electron chi connectivity index (χ2n) is 9.21. The highest BCUT2D eigenvalue weighted by Crippen LogP contribution is 2.13. The number of rotatable bonds is 28. The minimum atomic E-state index is 0.130. The molecule has 0 aliphatic heterocycles. The van der Waals surface area contributed by atoms with Crippen molar-refractivity contribution in [1.82, 2.24) is 42.5 Å². The zero-order valence-corrected chi connectivity index (χ0v) is 22.6. The van der Waals surface area contributed by atoms with E-state index in [0.717, 1.165) is 105 Å². The van der Waals surface area contributed by atoms with E-state index in [1.165, 1.54) is 25.7 Å². The van der Waals surface area contributed by atoms with Gasteiger partial charge >= 0.3 is 0 Å². The van der Waals surface area contributed by atoms with Crippen LogP contribution in [0.2, 0.25) is 0 Å². The van der Waals surface area contributed by atoms with Crippen LogP contribution in [0, 0.1) is 5.41 Å². The summed E-state index contributed by atoms with van der Waals surface area (Å²) in [5.74, 6) is 0. The van der Waals surface area contributed by atoms with Crippen molar-refractivity contribution in [3.05, 3.63) is 0 Å². The van der Waals surface area contributed by atoms with Gasteiger partial charge in [-0.25, -0.2) is 0 Å². The van der Waals surface area contributed by atoms with Crippen molar-refractivity contribution >= 4 is 0 Å². The molecule has 0 atom stereocenters. The summed E-state index contributed by atoms with van der Waals surface area (Å²) in [5, 5.41) is 29.0. The maximum Gasteiger partial charge on any atom is 0.0202 e. The van der Waals surface area contributed by atoms with Gasteiger partial charge in [0, 0.05) is 84.0 Å². The lowest BCUT2D eigenvalue weighted by molar-refractivity contribution is 0.236. The molecule has 0 aliphatic rings. The van der Waals surface area contributed by atoms with Crippen molar-refractivity contribution in [3.63, 3.8) is 0 Å². The number of hydrogen-bond acceptors (Lipinski definition) is 8. The van der Waals surface area contributed by atoms with E-state index in [0.29, 0.717) is 0 Å². The first-order chi connectivity index (χ1) is 16.2. The predicted octanol–water partition coefficient (Wildman–Crippen LogP) is 0.330. The molecule has 0 aromatic heterocycles. The van der Waals surface area contributed by atoms with Crippen molar-refractivity contribution in [2.45, 2.75) is 53.4 Å². The van der Waals surface area contributed by atoms with Gasteiger partial charge in [0.25, 0.3) is 0 Å². The summed E-state index contributed by atoms with van der Waals surface area (Å²) in [5.41, 5.74) is 0.130. The van der Waals surface area contributed by atoms with Crippen molar-refractivity contribution in [2.75, 3.05) is 105 Å². The Morgan fingerprint density at radius 2 is 0.515 bits per heavy atom. The first-order valence-electron chi connectivity index (χ1n) is 13.9. The van der Waals surface area contributed by atoms with E-state index in [9.17, 15) is 0 Å². The molecule has 0 saturated carbocycles. The molecule has 8 nitrogen and oxygen atoms in total. The molecule has 0 unspecified atom stereocenters. The molecule has 0 aliphatic carbocycles. The molecule has 0 radical (unpaired) electrons. The van der Waals surface area contributed by atoms with Crippen molar-refractivity contribution in [2.24, 2.45) is 5.41 Å². The van der Waals surface area contributed by atoms with Crippen molar-refractivity contribution in [3.8, 4) is 0 Å². The van der Waals surface area contributed by atoms with Crippen molar-refractivity contribution in [1.29, 1.82) is 0 Å². The monoisotopic (exact) mass is 472 g/mol. The lowest BCUT2D eigenvalue weighted by atomic mass is 9.87. The molecule has 0 amide bonds. The first kappa shape index (κ1) is 32.7. The van der Waals surface area contributed by atoms with Crippen LogP contribution in [0.3, 0.4) is 0 Å². The lowest BCUT2D eigenvalue weighted by Gasteiger charge is -2.35. The van der Waals surface area contributed by atoms with Gasteiger partial charge in [-0.15, -0.1) is 0 Å². The molecule has 0 aromatic carbocycles. The van der Waals surface area contributed by atoms with Crippen LogP contribution in [0.5, 0.6) is 0 Å². The van der Waals surface area contributed by atoms with Gasteiger partial charge in [0.2, 0.25) is 0 Å².